The number of furan rings is 1. The van der Waals surface area contributed by atoms with Gasteiger partial charge < -0.3 is 4.57 Å². The topological polar surface area (TPSA) is 21.3 Å². The molecule has 0 aliphatic heterocycles. The van der Waals surface area contributed by atoms with Crippen molar-refractivity contribution in [3.63, 3.8) is 0 Å². The van der Waals surface area contributed by atoms with Crippen LogP contribution in [0.25, 0.3) is 79.9 Å². The van der Waals surface area contributed by atoms with Crippen molar-refractivity contribution in [1.29, 1.82) is 0 Å². The molecule has 0 radical (unpaired) electrons. The second kappa shape index (κ2) is 11.6. The molecule has 52 heavy (non-hydrogen) atoms. The average Bonchev–Trinajstić information content (AvgIpc) is 3.88. The molecule has 11 rings (SSSR count). The molecule has 0 aliphatic carbocycles. The number of benzene rings is 8. The zero-order valence-electron chi connectivity index (χ0n) is 28.0. The summed E-state index contributed by atoms with van der Waals surface area (Å²) in [5, 5.41) is 7.44. The quantitative estimate of drug-likeness (QED) is 0.165. The van der Waals surface area contributed by atoms with Gasteiger partial charge in [-0.1, -0.05) is 36.4 Å². The molecule has 3 heterocycles. The molecular formula is C48H30N2OSe. The molecule has 0 bridgehead atoms. The van der Waals surface area contributed by atoms with Crippen LogP contribution in [0.1, 0.15) is 0 Å². The van der Waals surface area contributed by atoms with Gasteiger partial charge in [0.1, 0.15) is 0 Å². The summed E-state index contributed by atoms with van der Waals surface area (Å²) in [4.78, 5) is 2.36. The molecule has 0 unspecified atom stereocenters. The Morgan fingerprint density at radius 2 is 1.10 bits per heavy atom. The fourth-order valence-corrected chi connectivity index (χ4v) is 10.3. The van der Waals surface area contributed by atoms with Crippen molar-refractivity contribution >= 4 is 94.6 Å². The van der Waals surface area contributed by atoms with Gasteiger partial charge in [-0.2, -0.15) is 0 Å². The summed E-state index contributed by atoms with van der Waals surface area (Å²) in [5.74, 6) is 0. The minimum atomic E-state index is 0.309. The van der Waals surface area contributed by atoms with Gasteiger partial charge >= 0.3 is 226 Å². The number of fused-ring (bicyclic) bond motifs is 9. The second-order valence-corrected chi connectivity index (χ2v) is 15.6. The minimum Gasteiger partial charge on any atom is -0.0602 e. The molecule has 0 atom stereocenters. The van der Waals surface area contributed by atoms with E-state index < -0.39 is 0 Å². The Balaban J connectivity index is 1.08. The molecule has 4 heteroatoms. The van der Waals surface area contributed by atoms with E-state index in [1.54, 1.807) is 0 Å². The third-order valence-corrected chi connectivity index (χ3v) is 12.8. The van der Waals surface area contributed by atoms with Crippen LogP contribution in [-0.4, -0.2) is 19.1 Å². The van der Waals surface area contributed by atoms with Gasteiger partial charge in [-0.25, -0.2) is 0 Å². The molecule has 11 aromatic rings. The maximum atomic E-state index is 6.62. The maximum absolute atomic E-state index is 6.62. The minimum absolute atomic E-state index is 0.309. The zero-order valence-corrected chi connectivity index (χ0v) is 29.7. The molecule has 0 spiro atoms. The van der Waals surface area contributed by atoms with Gasteiger partial charge in [0.2, 0.25) is 0 Å². The predicted octanol–water partition coefficient (Wildman–Crippen LogP) is 13.2. The Bertz CT molecular complexity index is 3130. The van der Waals surface area contributed by atoms with Gasteiger partial charge in [0.05, 0.1) is 5.52 Å². The number of anilines is 3. The fourth-order valence-electron chi connectivity index (χ4n) is 8.00. The molecule has 0 fully saturated rings. The first-order valence-electron chi connectivity index (χ1n) is 17.6. The molecule has 3 aromatic heterocycles. The standard InChI is InChI=1S/C48H30N2OSe/c1-2-11-33(12-3-1)50-42-17-7-4-13-36(42)37-27-23-32(29-44(37)50)31-21-24-34(25-22-31)49(35-26-28-47-41(30-35)39-15-6-9-20-46(39)52-47)43-18-10-16-40-38-14-5-8-19-45(38)51-48(40)43/h1-30H. The number of hydrogen-bond acceptors (Lipinski definition) is 2. The Morgan fingerprint density at radius 1 is 0.423 bits per heavy atom. The van der Waals surface area contributed by atoms with Crippen molar-refractivity contribution in [2.75, 3.05) is 4.90 Å². The molecule has 3 nitrogen and oxygen atoms in total. The summed E-state index contributed by atoms with van der Waals surface area (Å²) < 4.78 is 11.9. The summed E-state index contributed by atoms with van der Waals surface area (Å²) >= 11 is 0.309. The Morgan fingerprint density at radius 3 is 1.98 bits per heavy atom. The van der Waals surface area contributed by atoms with Gasteiger partial charge in [0, 0.05) is 16.5 Å². The first-order valence-corrected chi connectivity index (χ1v) is 19.3. The van der Waals surface area contributed by atoms with Crippen molar-refractivity contribution < 1.29 is 4.42 Å². The van der Waals surface area contributed by atoms with Crippen molar-refractivity contribution in [3.8, 4) is 16.8 Å². The Labute approximate surface area is 305 Å². The van der Waals surface area contributed by atoms with E-state index in [4.69, 9.17) is 4.42 Å². The van der Waals surface area contributed by atoms with E-state index >= 15 is 0 Å². The van der Waals surface area contributed by atoms with Crippen LogP contribution in [0.5, 0.6) is 0 Å². The fraction of sp³-hybridized carbons (Fsp3) is 0. The van der Waals surface area contributed by atoms with Gasteiger partial charge in [0.15, 0.2) is 0 Å². The number of aromatic nitrogens is 1. The zero-order chi connectivity index (χ0) is 34.2. The SMILES string of the molecule is c1ccc(-n2c3ccccc3c3ccc(-c4ccc(N(c5ccc6[se]c7ccccc7c6c5)c5cccc6c5oc5ccccc56)cc4)cc32)cc1. The molecular weight excluding hydrogens is 700 g/mol. The smallest absolute Gasteiger partial charge is 0.0602 e. The normalized spacial score (nSPS) is 11.8. The molecule has 0 aliphatic rings. The molecule has 0 saturated heterocycles. The summed E-state index contributed by atoms with van der Waals surface area (Å²) in [5.41, 5.74) is 10.9. The van der Waals surface area contributed by atoms with Crippen molar-refractivity contribution in [2.45, 2.75) is 0 Å². The van der Waals surface area contributed by atoms with Crippen LogP contribution in [0.4, 0.5) is 17.1 Å². The molecule has 0 saturated carbocycles. The monoisotopic (exact) mass is 730 g/mol. The van der Waals surface area contributed by atoms with Crippen LogP contribution in [0.3, 0.4) is 0 Å². The van der Waals surface area contributed by atoms with E-state index in [0.29, 0.717) is 14.5 Å². The number of nitrogens with zero attached hydrogens (tertiary/aromatic N) is 2. The summed E-state index contributed by atoms with van der Waals surface area (Å²) in [6, 6.07) is 65.9. The van der Waals surface area contributed by atoms with Gasteiger partial charge in [-0.3, -0.25) is 0 Å². The summed E-state index contributed by atoms with van der Waals surface area (Å²) in [6.45, 7) is 0. The van der Waals surface area contributed by atoms with Crippen LogP contribution >= 0.6 is 0 Å². The molecule has 0 N–H and O–H groups in total. The third kappa shape index (κ3) is 4.52. The summed E-state index contributed by atoms with van der Waals surface area (Å²) in [6.07, 6.45) is 0. The van der Waals surface area contributed by atoms with Crippen LogP contribution in [-0.2, 0) is 0 Å². The van der Waals surface area contributed by atoms with E-state index in [9.17, 15) is 0 Å². The third-order valence-electron chi connectivity index (χ3n) is 10.4. The van der Waals surface area contributed by atoms with Crippen molar-refractivity contribution in [2.24, 2.45) is 0 Å². The van der Waals surface area contributed by atoms with Crippen LogP contribution in [0.2, 0.25) is 0 Å². The Kier molecular flexibility index (Phi) is 6.57. The van der Waals surface area contributed by atoms with E-state index in [1.807, 2.05) is 6.07 Å². The van der Waals surface area contributed by atoms with Gasteiger partial charge in [-0.15, -0.1) is 0 Å². The van der Waals surface area contributed by atoms with Crippen LogP contribution in [0, 0.1) is 0 Å². The second-order valence-electron chi connectivity index (χ2n) is 13.3. The number of rotatable bonds is 5. The van der Waals surface area contributed by atoms with E-state index in [-0.39, 0.29) is 0 Å². The van der Waals surface area contributed by atoms with Gasteiger partial charge in [0.25, 0.3) is 0 Å². The van der Waals surface area contributed by atoms with Gasteiger partial charge in [-0.05, 0) is 18.2 Å². The van der Waals surface area contributed by atoms with E-state index in [1.165, 1.54) is 52.2 Å². The predicted molar refractivity (Wildman–Crippen MR) is 220 cm³/mol. The van der Waals surface area contributed by atoms with Crippen molar-refractivity contribution in [3.05, 3.63) is 182 Å². The molecule has 244 valence electrons. The molecule has 8 aromatic carbocycles. The number of hydrogen-bond donors (Lipinski definition) is 0. The molecule has 0 amide bonds. The van der Waals surface area contributed by atoms with Crippen LogP contribution in [0.15, 0.2) is 186 Å². The number of para-hydroxylation sites is 4. The van der Waals surface area contributed by atoms with E-state index in [2.05, 4.69) is 185 Å². The average molecular weight is 730 g/mol. The van der Waals surface area contributed by atoms with E-state index in [0.717, 1.165) is 44.7 Å². The van der Waals surface area contributed by atoms with Crippen molar-refractivity contribution in [1.82, 2.24) is 4.57 Å². The Hall–Kier alpha value is -6.32. The first kappa shape index (κ1) is 29.4. The van der Waals surface area contributed by atoms with Crippen LogP contribution < -0.4 is 4.90 Å². The summed E-state index contributed by atoms with van der Waals surface area (Å²) in [7, 11) is 0. The first-order chi connectivity index (χ1) is 25.8.